The molecule has 1 saturated heterocycles. The van der Waals surface area contributed by atoms with Gasteiger partial charge in [0, 0.05) is 13.1 Å². The monoisotopic (exact) mass is 441 g/mol. The third-order valence-electron chi connectivity index (χ3n) is 3.90. The number of carbonyl (C=O) groups is 2. The molecule has 29 heavy (non-hydrogen) atoms. The number of amides is 3. The van der Waals surface area contributed by atoms with Crippen LogP contribution in [-0.4, -0.2) is 73.3 Å². The maximum Gasteiger partial charge on any atom is 0.422 e. The summed E-state index contributed by atoms with van der Waals surface area (Å²) in [5.41, 5.74) is 3.04. The highest BCUT2D eigenvalue weighted by atomic mass is 32.2. The van der Waals surface area contributed by atoms with Gasteiger partial charge in [-0.05, 0) is 39.5 Å². The van der Waals surface area contributed by atoms with Gasteiger partial charge in [0.2, 0.25) is 0 Å². The van der Waals surface area contributed by atoms with Gasteiger partial charge in [0.15, 0.2) is 0 Å². The van der Waals surface area contributed by atoms with Crippen LogP contribution in [0.2, 0.25) is 0 Å². The van der Waals surface area contributed by atoms with E-state index >= 15 is 0 Å². The lowest BCUT2D eigenvalue weighted by Crippen LogP contribution is -2.58. The van der Waals surface area contributed by atoms with Gasteiger partial charge in [-0.3, -0.25) is 10.0 Å². The second-order valence-corrected chi connectivity index (χ2v) is 9.23. The molecule has 0 spiro atoms. The van der Waals surface area contributed by atoms with Crippen molar-refractivity contribution in [2.75, 3.05) is 19.7 Å². The first kappa shape index (κ1) is 25.3. The number of piperidine rings is 1. The Morgan fingerprint density at radius 2 is 1.93 bits per heavy atom. The largest absolute Gasteiger partial charge is 0.443 e. The van der Waals surface area contributed by atoms with Crippen molar-refractivity contribution in [1.82, 2.24) is 25.3 Å². The van der Waals surface area contributed by atoms with Gasteiger partial charge in [-0.15, -0.1) is 0 Å². The number of nitrogens with zero attached hydrogens (tertiary/aromatic N) is 1. The Balaban J connectivity index is 2.37. The van der Waals surface area contributed by atoms with Crippen LogP contribution in [0.25, 0.3) is 0 Å². The number of hydrogen-bond acceptors (Lipinski definition) is 9. The molecule has 0 aromatic heterocycles. The number of aliphatic hydroxyl groups is 1. The van der Waals surface area contributed by atoms with E-state index in [1.807, 2.05) is 6.92 Å². The molecule has 170 valence electrons. The third kappa shape index (κ3) is 9.56. The molecule has 0 aromatic carbocycles. The third-order valence-corrected chi connectivity index (χ3v) is 4.92. The number of hydroxylamine groups is 2. The fourth-order valence-corrected chi connectivity index (χ4v) is 3.38. The van der Waals surface area contributed by atoms with E-state index in [4.69, 9.17) is 14.8 Å². The number of aliphatic hydroxyl groups excluding tert-OH is 1. The van der Waals surface area contributed by atoms with Crippen molar-refractivity contribution < 1.29 is 37.9 Å². The van der Waals surface area contributed by atoms with Crippen LogP contribution in [0.1, 0.15) is 40.5 Å². The summed E-state index contributed by atoms with van der Waals surface area (Å²) in [6, 6.07) is -1.37. The Morgan fingerprint density at radius 3 is 2.52 bits per heavy atom. The lowest BCUT2D eigenvalue weighted by molar-refractivity contribution is -0.0940. The summed E-state index contributed by atoms with van der Waals surface area (Å²) >= 11 is 0. The van der Waals surface area contributed by atoms with Crippen LogP contribution in [0.5, 0.6) is 0 Å². The predicted octanol–water partition coefficient (Wildman–Crippen LogP) is -0.616. The van der Waals surface area contributed by atoms with E-state index in [0.29, 0.717) is 13.0 Å². The summed E-state index contributed by atoms with van der Waals surface area (Å²) in [5, 5.41) is 19.1. The smallest absolute Gasteiger partial charge is 0.422 e. The summed E-state index contributed by atoms with van der Waals surface area (Å²) in [5.74, 6) is 0.212. The number of hydrogen-bond donors (Lipinski definition) is 6. The Labute approximate surface area is 170 Å². The minimum Gasteiger partial charge on any atom is -0.443 e. The van der Waals surface area contributed by atoms with E-state index < -0.39 is 40.2 Å². The van der Waals surface area contributed by atoms with Crippen molar-refractivity contribution in [1.29, 1.82) is 0 Å². The van der Waals surface area contributed by atoms with Crippen molar-refractivity contribution in [3.63, 3.8) is 0 Å². The fraction of sp³-hybridized carbons (Fsp3) is 0.867. The molecule has 1 rings (SSSR count). The lowest BCUT2D eigenvalue weighted by atomic mass is 9.93. The number of carbonyl (C=O) groups excluding carboxylic acids is 2. The molecule has 3 atom stereocenters. The van der Waals surface area contributed by atoms with Crippen molar-refractivity contribution in [3.8, 4) is 0 Å². The zero-order valence-corrected chi connectivity index (χ0v) is 17.8. The zero-order valence-electron chi connectivity index (χ0n) is 17.0. The van der Waals surface area contributed by atoms with Crippen molar-refractivity contribution in [2.45, 2.75) is 58.4 Å². The van der Waals surface area contributed by atoms with Crippen molar-refractivity contribution in [3.05, 3.63) is 0 Å². The first-order valence-electron chi connectivity index (χ1n) is 9.11. The molecule has 0 radical (unpaired) electrons. The van der Waals surface area contributed by atoms with E-state index in [1.54, 1.807) is 31.0 Å². The van der Waals surface area contributed by atoms with Gasteiger partial charge < -0.3 is 14.7 Å². The summed E-state index contributed by atoms with van der Waals surface area (Å²) in [6.45, 7) is 6.69. The number of likely N-dealkylation sites (tertiary alicyclic amines) is 1. The molecule has 6 N–H and O–H groups in total. The van der Waals surface area contributed by atoms with Gasteiger partial charge in [0.1, 0.15) is 11.8 Å². The topological polar surface area (TPSA) is 179 Å². The zero-order chi connectivity index (χ0) is 22.2. The lowest BCUT2D eigenvalue weighted by Gasteiger charge is -2.40. The van der Waals surface area contributed by atoms with Gasteiger partial charge in [-0.2, -0.15) is 18.6 Å². The molecule has 1 aliphatic rings. The van der Waals surface area contributed by atoms with E-state index in [2.05, 4.69) is 10.2 Å². The minimum atomic E-state index is -4.14. The van der Waals surface area contributed by atoms with E-state index in [9.17, 15) is 23.1 Å². The SMILES string of the molecule is C[C@@H]1CC[C@@H](C(O)NOCCNS(=O)(=O)NC(=O)OC(C)(C)C)N(C(=O)NO)C1. The molecule has 13 nitrogen and oxygen atoms in total. The van der Waals surface area contributed by atoms with Crippen LogP contribution >= 0.6 is 0 Å². The first-order chi connectivity index (χ1) is 13.3. The molecule has 1 aliphatic heterocycles. The van der Waals surface area contributed by atoms with Crippen LogP contribution < -0.4 is 20.4 Å². The molecular formula is C15H31N5O8S. The van der Waals surface area contributed by atoms with Crippen molar-refractivity contribution >= 4 is 22.3 Å². The molecular weight excluding hydrogens is 410 g/mol. The van der Waals surface area contributed by atoms with Crippen LogP contribution in [0.4, 0.5) is 9.59 Å². The van der Waals surface area contributed by atoms with Gasteiger partial charge >= 0.3 is 22.3 Å². The summed E-state index contributed by atoms with van der Waals surface area (Å²) < 4.78 is 32.1. The number of nitrogens with one attached hydrogen (secondary N) is 4. The molecule has 1 unspecified atom stereocenters. The summed E-state index contributed by atoms with van der Waals surface area (Å²) in [6.07, 6.45) is -1.11. The van der Waals surface area contributed by atoms with E-state index in [0.717, 1.165) is 6.42 Å². The quantitative estimate of drug-likeness (QED) is 0.124. The molecule has 3 amide bonds. The molecule has 0 aromatic rings. The molecule has 0 bridgehead atoms. The average Bonchev–Trinajstić information content (AvgIpc) is 2.58. The van der Waals surface area contributed by atoms with Crippen LogP contribution in [0.15, 0.2) is 0 Å². The molecule has 1 fully saturated rings. The molecule has 0 aliphatic carbocycles. The number of rotatable bonds is 8. The Kier molecular flexibility index (Phi) is 9.51. The summed E-state index contributed by atoms with van der Waals surface area (Å²) in [4.78, 5) is 29.6. The Hall–Kier alpha value is -1.71. The summed E-state index contributed by atoms with van der Waals surface area (Å²) in [7, 11) is -4.14. The maximum absolute atomic E-state index is 11.8. The predicted molar refractivity (Wildman–Crippen MR) is 101 cm³/mol. The van der Waals surface area contributed by atoms with Gasteiger partial charge in [0.05, 0.1) is 12.6 Å². The van der Waals surface area contributed by atoms with E-state index in [1.165, 1.54) is 4.90 Å². The van der Waals surface area contributed by atoms with Gasteiger partial charge in [0.25, 0.3) is 0 Å². The minimum absolute atomic E-state index is 0.179. The maximum atomic E-state index is 11.8. The normalized spacial score (nSPS) is 21.4. The Bertz CT molecular complexity index is 654. The highest BCUT2D eigenvalue weighted by Crippen LogP contribution is 2.23. The number of urea groups is 1. The molecule has 1 heterocycles. The first-order valence-corrected chi connectivity index (χ1v) is 10.6. The average molecular weight is 442 g/mol. The van der Waals surface area contributed by atoms with E-state index in [-0.39, 0.29) is 19.1 Å². The molecule has 14 heteroatoms. The van der Waals surface area contributed by atoms with Gasteiger partial charge in [-0.1, -0.05) is 6.92 Å². The van der Waals surface area contributed by atoms with Crippen LogP contribution in [0, 0.1) is 5.92 Å². The van der Waals surface area contributed by atoms with Crippen LogP contribution in [-0.2, 0) is 19.8 Å². The second kappa shape index (κ2) is 10.9. The van der Waals surface area contributed by atoms with Gasteiger partial charge in [-0.25, -0.2) is 19.8 Å². The Morgan fingerprint density at radius 1 is 1.28 bits per heavy atom. The molecule has 0 saturated carbocycles. The fourth-order valence-electron chi connectivity index (χ4n) is 2.69. The van der Waals surface area contributed by atoms with Crippen molar-refractivity contribution in [2.24, 2.45) is 5.92 Å². The number of ether oxygens (including phenoxy) is 1. The van der Waals surface area contributed by atoms with Crippen LogP contribution in [0.3, 0.4) is 0 Å². The second-order valence-electron chi connectivity index (χ2n) is 7.73. The standard InChI is InChI=1S/C15H31N5O8S/c1-10-5-6-11(20(9-10)13(22)17-24)12(21)18-27-8-7-16-29(25,26)19-14(23)28-15(2,3)4/h10-12,16,18,21,24H,5-9H2,1-4H3,(H,17,22)(H,19,23)/t10-,11+,12?/m1/s1. The highest BCUT2D eigenvalue weighted by Gasteiger charge is 2.34. The highest BCUT2D eigenvalue weighted by molar-refractivity contribution is 7.88.